The van der Waals surface area contributed by atoms with Crippen molar-refractivity contribution in [3.8, 4) is 0 Å². The Morgan fingerprint density at radius 3 is 1.82 bits per heavy atom. The molecule has 1 saturated heterocycles. The maximum atomic E-state index is 12.2. The molecule has 1 fully saturated rings. The normalized spacial score (nSPS) is 20.7. The number of ether oxygens (including phenoxy) is 3. The van der Waals surface area contributed by atoms with Gasteiger partial charge >= 0.3 is 17.9 Å². The van der Waals surface area contributed by atoms with Crippen molar-refractivity contribution in [3.63, 3.8) is 0 Å². The third-order valence-corrected chi connectivity index (χ3v) is 7.97. The van der Waals surface area contributed by atoms with Gasteiger partial charge in [-0.25, -0.2) is 0 Å². The SMILES string of the molecule is CCCCCCCCCCCCCCCCCC(=O)OCC1(CO)COC(=O)CC(S(=O)(=O)O)C(=O)OC1. The minimum Gasteiger partial charge on any atom is -0.465 e. The quantitative estimate of drug-likeness (QED) is 0.0934. The van der Waals surface area contributed by atoms with Crippen LogP contribution in [-0.4, -0.2) is 67.7 Å². The minimum atomic E-state index is -4.89. The van der Waals surface area contributed by atoms with Gasteiger partial charge in [0.1, 0.15) is 19.8 Å². The number of aliphatic hydroxyl groups excluding tert-OH is 1. The molecule has 0 aromatic carbocycles. The molecular formula is C27H48O10S. The predicted molar refractivity (Wildman–Crippen MR) is 142 cm³/mol. The second kappa shape index (κ2) is 19.4. The zero-order valence-electron chi connectivity index (χ0n) is 23.0. The van der Waals surface area contributed by atoms with E-state index in [-0.39, 0.29) is 13.0 Å². The molecule has 1 aliphatic rings. The number of rotatable bonds is 20. The standard InChI is InChI=1S/C27H48O10S/c1-2-3-4-5-6-7-8-9-10-11-12-13-14-15-16-17-24(29)35-20-27(19-28)21-36-25(30)18-23(38(32,33)34)26(31)37-22-27/h23,28H,2-22H2,1H3,(H,32,33,34). The van der Waals surface area contributed by atoms with Gasteiger partial charge in [0.2, 0.25) is 0 Å². The molecule has 1 aliphatic heterocycles. The van der Waals surface area contributed by atoms with Crippen molar-refractivity contribution in [1.82, 2.24) is 0 Å². The fourth-order valence-electron chi connectivity index (χ4n) is 4.28. The van der Waals surface area contributed by atoms with Crippen molar-refractivity contribution in [1.29, 1.82) is 0 Å². The van der Waals surface area contributed by atoms with Gasteiger partial charge in [-0.2, -0.15) is 8.42 Å². The van der Waals surface area contributed by atoms with Crippen LogP contribution in [0.5, 0.6) is 0 Å². The Balaban J connectivity index is 2.20. The van der Waals surface area contributed by atoms with Crippen molar-refractivity contribution >= 4 is 28.0 Å². The van der Waals surface area contributed by atoms with Crippen LogP contribution in [0, 0.1) is 5.41 Å². The molecule has 0 aromatic rings. The highest BCUT2D eigenvalue weighted by atomic mass is 32.2. The maximum absolute atomic E-state index is 12.2. The summed E-state index contributed by atoms with van der Waals surface area (Å²) in [6.07, 6.45) is 17.5. The van der Waals surface area contributed by atoms with Gasteiger partial charge < -0.3 is 19.3 Å². The third-order valence-electron chi connectivity index (χ3n) is 6.89. The van der Waals surface area contributed by atoms with Crippen molar-refractivity contribution in [2.75, 3.05) is 26.4 Å². The number of carbonyl (C=O) groups is 3. The Bertz CT molecular complexity index is 798. The van der Waals surface area contributed by atoms with Crippen LogP contribution in [0.3, 0.4) is 0 Å². The average molecular weight is 565 g/mol. The van der Waals surface area contributed by atoms with Gasteiger partial charge in [0, 0.05) is 6.42 Å². The fraction of sp³-hybridized carbons (Fsp3) is 0.889. The van der Waals surface area contributed by atoms with E-state index in [4.69, 9.17) is 14.2 Å². The third kappa shape index (κ3) is 15.0. The Morgan fingerprint density at radius 2 is 1.34 bits per heavy atom. The summed E-state index contributed by atoms with van der Waals surface area (Å²) in [4.78, 5) is 36.1. The van der Waals surface area contributed by atoms with E-state index in [1.807, 2.05) is 0 Å². The summed E-state index contributed by atoms with van der Waals surface area (Å²) in [6.45, 7) is 0.228. The number of unbranched alkanes of at least 4 members (excludes halogenated alkanes) is 14. The Labute approximate surface area is 227 Å². The van der Waals surface area contributed by atoms with Gasteiger partial charge in [-0.15, -0.1) is 0 Å². The molecule has 0 aromatic heterocycles. The second-order valence-electron chi connectivity index (χ2n) is 10.5. The number of carbonyl (C=O) groups excluding carboxylic acids is 3. The molecule has 0 amide bonds. The van der Waals surface area contributed by atoms with Gasteiger partial charge in [0.05, 0.1) is 18.4 Å². The molecule has 222 valence electrons. The first kappa shape index (κ1) is 34.3. The molecule has 1 heterocycles. The van der Waals surface area contributed by atoms with Crippen LogP contribution in [0.2, 0.25) is 0 Å². The molecule has 0 bridgehead atoms. The highest BCUT2D eigenvalue weighted by Crippen LogP contribution is 2.23. The van der Waals surface area contributed by atoms with Crippen molar-refractivity contribution in [2.24, 2.45) is 5.41 Å². The molecule has 0 aliphatic carbocycles. The Kier molecular flexibility index (Phi) is 17.5. The molecule has 38 heavy (non-hydrogen) atoms. The summed E-state index contributed by atoms with van der Waals surface area (Å²) in [6, 6.07) is 0. The van der Waals surface area contributed by atoms with E-state index < -0.39 is 64.9 Å². The lowest BCUT2D eigenvalue weighted by atomic mass is 9.92. The number of hydrogen-bond donors (Lipinski definition) is 2. The van der Waals surface area contributed by atoms with Crippen molar-refractivity contribution in [3.05, 3.63) is 0 Å². The highest BCUT2D eigenvalue weighted by Gasteiger charge is 2.42. The van der Waals surface area contributed by atoms with Crippen LogP contribution >= 0.6 is 0 Å². The summed E-state index contributed by atoms with van der Waals surface area (Å²) in [5.74, 6) is -2.89. The molecule has 0 spiro atoms. The molecule has 2 atom stereocenters. The first-order valence-corrected chi connectivity index (χ1v) is 15.7. The van der Waals surface area contributed by atoms with E-state index >= 15 is 0 Å². The summed E-state index contributed by atoms with van der Waals surface area (Å²) in [5.41, 5.74) is -1.43. The average Bonchev–Trinajstić information content (AvgIpc) is 2.94. The fourth-order valence-corrected chi connectivity index (χ4v) is 4.94. The zero-order valence-corrected chi connectivity index (χ0v) is 23.8. The smallest absolute Gasteiger partial charge is 0.327 e. The molecular weight excluding hydrogens is 516 g/mol. The second-order valence-corrected chi connectivity index (χ2v) is 12.1. The lowest BCUT2D eigenvalue weighted by Gasteiger charge is -2.29. The van der Waals surface area contributed by atoms with Crippen molar-refractivity contribution in [2.45, 2.75) is 121 Å². The van der Waals surface area contributed by atoms with E-state index in [9.17, 15) is 32.5 Å². The first-order valence-electron chi connectivity index (χ1n) is 14.2. The van der Waals surface area contributed by atoms with Crippen LogP contribution < -0.4 is 0 Å². The van der Waals surface area contributed by atoms with E-state index in [0.29, 0.717) is 6.42 Å². The van der Waals surface area contributed by atoms with E-state index in [2.05, 4.69) is 6.92 Å². The number of cyclic esters (lactones) is 2. The van der Waals surface area contributed by atoms with Crippen LogP contribution in [0.25, 0.3) is 0 Å². The Morgan fingerprint density at radius 1 is 0.868 bits per heavy atom. The monoisotopic (exact) mass is 564 g/mol. The molecule has 0 saturated carbocycles. The highest BCUT2D eigenvalue weighted by molar-refractivity contribution is 7.87. The summed E-state index contributed by atoms with van der Waals surface area (Å²) in [7, 11) is -4.89. The molecule has 10 nitrogen and oxygen atoms in total. The lowest BCUT2D eigenvalue weighted by Crippen LogP contribution is -2.42. The van der Waals surface area contributed by atoms with Crippen LogP contribution in [0.15, 0.2) is 0 Å². The first-order chi connectivity index (χ1) is 18.1. The van der Waals surface area contributed by atoms with Gasteiger partial charge in [-0.1, -0.05) is 96.8 Å². The van der Waals surface area contributed by atoms with Gasteiger partial charge in [0.15, 0.2) is 5.25 Å². The van der Waals surface area contributed by atoms with Crippen LogP contribution in [0.4, 0.5) is 0 Å². The Hall–Kier alpha value is -1.72. The molecule has 11 heteroatoms. The largest absolute Gasteiger partial charge is 0.465 e. The van der Waals surface area contributed by atoms with Crippen LogP contribution in [0.1, 0.15) is 116 Å². The lowest BCUT2D eigenvalue weighted by molar-refractivity contribution is -0.161. The van der Waals surface area contributed by atoms with E-state index in [1.54, 1.807) is 0 Å². The number of aliphatic hydroxyl groups is 1. The maximum Gasteiger partial charge on any atom is 0.327 e. The van der Waals surface area contributed by atoms with E-state index in [1.165, 1.54) is 70.6 Å². The predicted octanol–water partition coefficient (Wildman–Crippen LogP) is 4.52. The number of esters is 3. The molecule has 2 N–H and O–H groups in total. The van der Waals surface area contributed by atoms with Crippen molar-refractivity contribution < 1.29 is 46.7 Å². The minimum absolute atomic E-state index is 0.199. The topological polar surface area (TPSA) is 154 Å². The molecule has 0 radical (unpaired) electrons. The summed E-state index contributed by atoms with van der Waals surface area (Å²) in [5, 5.41) is 7.72. The zero-order chi connectivity index (χ0) is 28.3. The van der Waals surface area contributed by atoms with Gasteiger partial charge in [0.25, 0.3) is 10.1 Å². The van der Waals surface area contributed by atoms with Gasteiger partial charge in [-0.3, -0.25) is 18.9 Å². The van der Waals surface area contributed by atoms with Gasteiger partial charge in [-0.05, 0) is 6.42 Å². The molecule has 2 unspecified atom stereocenters. The summed E-state index contributed by atoms with van der Waals surface area (Å²) < 4.78 is 47.1. The van der Waals surface area contributed by atoms with E-state index in [0.717, 1.165) is 19.3 Å². The van der Waals surface area contributed by atoms with Crippen LogP contribution in [-0.2, 0) is 38.7 Å². The summed E-state index contributed by atoms with van der Waals surface area (Å²) >= 11 is 0. The molecule has 1 rings (SSSR count). The number of hydrogen-bond acceptors (Lipinski definition) is 9.